The predicted molar refractivity (Wildman–Crippen MR) is 110 cm³/mol. The Morgan fingerprint density at radius 3 is 2.48 bits per heavy atom. The van der Waals surface area contributed by atoms with Crippen molar-refractivity contribution in [3.05, 3.63) is 41.5 Å². The molecule has 6 nitrogen and oxygen atoms in total. The van der Waals surface area contributed by atoms with E-state index in [2.05, 4.69) is 12.2 Å². The lowest BCUT2D eigenvalue weighted by Gasteiger charge is -2.33. The van der Waals surface area contributed by atoms with Crippen LogP contribution in [0.3, 0.4) is 0 Å². The maximum Gasteiger partial charge on any atom is 0.307 e. The zero-order chi connectivity index (χ0) is 20.7. The molecule has 4 rings (SSSR count). The van der Waals surface area contributed by atoms with Crippen LogP contribution >= 0.6 is 0 Å². The van der Waals surface area contributed by atoms with Crippen LogP contribution in [0.5, 0.6) is 0 Å². The van der Waals surface area contributed by atoms with Gasteiger partial charge in [0.25, 0.3) is 5.91 Å². The van der Waals surface area contributed by atoms with E-state index in [-0.39, 0.29) is 29.7 Å². The number of anilines is 1. The number of amides is 2. The molecule has 0 aromatic heterocycles. The van der Waals surface area contributed by atoms with Crippen LogP contribution in [0.2, 0.25) is 0 Å². The highest BCUT2D eigenvalue weighted by molar-refractivity contribution is 5.99. The molecule has 1 heterocycles. The largest absolute Gasteiger partial charge is 0.481 e. The fourth-order valence-corrected chi connectivity index (χ4v) is 5.24. The number of fused-ring (bicyclic) bond motifs is 2. The molecule has 1 aromatic carbocycles. The minimum absolute atomic E-state index is 0.0113. The lowest BCUT2D eigenvalue weighted by Crippen LogP contribution is -2.42. The summed E-state index contributed by atoms with van der Waals surface area (Å²) in [6, 6.07) is 5.57. The first-order valence-corrected chi connectivity index (χ1v) is 10.5. The molecule has 2 aliphatic carbocycles. The molecule has 2 bridgehead atoms. The summed E-state index contributed by atoms with van der Waals surface area (Å²) >= 11 is 0. The van der Waals surface area contributed by atoms with Crippen LogP contribution < -0.4 is 5.32 Å². The molecular weight excluding hydrogens is 368 g/mol. The number of hydrogen-bond donors (Lipinski definition) is 2. The van der Waals surface area contributed by atoms with Gasteiger partial charge in [0.15, 0.2) is 0 Å². The Hall–Kier alpha value is -2.63. The van der Waals surface area contributed by atoms with Gasteiger partial charge in [0, 0.05) is 23.8 Å². The third-order valence-corrected chi connectivity index (χ3v) is 6.84. The Labute approximate surface area is 171 Å². The van der Waals surface area contributed by atoms with Gasteiger partial charge in [-0.15, -0.1) is 0 Å². The third-order valence-electron chi connectivity index (χ3n) is 6.84. The quantitative estimate of drug-likeness (QED) is 0.763. The summed E-state index contributed by atoms with van der Waals surface area (Å²) in [5.41, 5.74) is 2.06. The minimum atomic E-state index is -0.907. The van der Waals surface area contributed by atoms with Crippen LogP contribution in [-0.2, 0) is 9.59 Å². The number of hydrogen-bond acceptors (Lipinski definition) is 3. The van der Waals surface area contributed by atoms with Gasteiger partial charge in [-0.25, -0.2) is 0 Å². The van der Waals surface area contributed by atoms with Gasteiger partial charge in [0.1, 0.15) is 0 Å². The van der Waals surface area contributed by atoms with Crippen molar-refractivity contribution in [1.29, 1.82) is 0 Å². The second-order valence-electron chi connectivity index (χ2n) is 8.70. The molecule has 1 saturated carbocycles. The van der Waals surface area contributed by atoms with Crippen LogP contribution in [0.4, 0.5) is 5.69 Å². The Kier molecular flexibility index (Phi) is 5.19. The number of piperidine rings is 1. The maximum absolute atomic E-state index is 12.9. The van der Waals surface area contributed by atoms with E-state index in [0.717, 1.165) is 37.8 Å². The van der Waals surface area contributed by atoms with E-state index in [0.29, 0.717) is 11.3 Å². The van der Waals surface area contributed by atoms with E-state index < -0.39 is 17.8 Å². The third kappa shape index (κ3) is 3.56. The Morgan fingerprint density at radius 1 is 1.10 bits per heavy atom. The number of aryl methyl sites for hydroxylation is 1. The van der Waals surface area contributed by atoms with Crippen molar-refractivity contribution < 1.29 is 19.5 Å². The number of carbonyl (C=O) groups excluding carboxylic acids is 2. The van der Waals surface area contributed by atoms with Crippen LogP contribution in [-0.4, -0.2) is 40.4 Å². The van der Waals surface area contributed by atoms with Crippen molar-refractivity contribution in [2.45, 2.75) is 45.6 Å². The number of nitrogens with one attached hydrogen (secondary N) is 1. The van der Waals surface area contributed by atoms with Crippen LogP contribution in [0.15, 0.2) is 30.4 Å². The molecule has 2 amide bonds. The topological polar surface area (TPSA) is 86.7 Å². The second-order valence-corrected chi connectivity index (χ2v) is 8.70. The molecule has 5 unspecified atom stereocenters. The summed E-state index contributed by atoms with van der Waals surface area (Å²) in [6.07, 6.45) is 7.86. The fourth-order valence-electron chi connectivity index (χ4n) is 5.24. The molecule has 0 spiro atoms. The highest BCUT2D eigenvalue weighted by Crippen LogP contribution is 2.48. The van der Waals surface area contributed by atoms with E-state index in [1.165, 1.54) is 0 Å². The van der Waals surface area contributed by atoms with Gasteiger partial charge in [-0.3, -0.25) is 14.4 Å². The van der Waals surface area contributed by atoms with Gasteiger partial charge in [-0.2, -0.15) is 0 Å². The number of rotatable bonds is 4. The molecule has 29 heavy (non-hydrogen) atoms. The Morgan fingerprint density at radius 2 is 1.83 bits per heavy atom. The van der Waals surface area contributed by atoms with Gasteiger partial charge in [0.05, 0.1) is 11.8 Å². The SMILES string of the molecule is Cc1cc(C(=O)N2CCCCC2C)ccc1NC(=O)C1C2C=CC(C2)C1C(=O)O. The summed E-state index contributed by atoms with van der Waals surface area (Å²) in [5.74, 6) is -2.40. The number of benzene rings is 1. The molecule has 1 aromatic rings. The normalized spacial score (nSPS) is 30.4. The van der Waals surface area contributed by atoms with E-state index in [4.69, 9.17) is 0 Å². The molecule has 3 aliphatic rings. The molecular formula is C23H28N2O4. The Balaban J connectivity index is 1.49. The number of nitrogens with zero attached hydrogens (tertiary/aromatic N) is 1. The number of carboxylic acids is 1. The molecule has 2 fully saturated rings. The van der Waals surface area contributed by atoms with Crippen molar-refractivity contribution in [1.82, 2.24) is 4.90 Å². The zero-order valence-corrected chi connectivity index (χ0v) is 16.9. The van der Waals surface area contributed by atoms with E-state index >= 15 is 0 Å². The van der Waals surface area contributed by atoms with Gasteiger partial charge in [-0.1, -0.05) is 12.2 Å². The number of aliphatic carboxylic acids is 1. The lowest BCUT2D eigenvalue weighted by molar-refractivity contribution is -0.146. The highest BCUT2D eigenvalue weighted by Gasteiger charge is 2.51. The maximum atomic E-state index is 12.9. The minimum Gasteiger partial charge on any atom is -0.481 e. The first-order chi connectivity index (χ1) is 13.9. The van der Waals surface area contributed by atoms with Crippen LogP contribution in [0.25, 0.3) is 0 Å². The van der Waals surface area contributed by atoms with Gasteiger partial charge in [0.2, 0.25) is 5.91 Å². The summed E-state index contributed by atoms with van der Waals surface area (Å²) < 4.78 is 0. The molecule has 1 saturated heterocycles. The molecule has 0 radical (unpaired) electrons. The van der Waals surface area contributed by atoms with Gasteiger partial charge < -0.3 is 15.3 Å². The summed E-state index contributed by atoms with van der Waals surface area (Å²) in [4.78, 5) is 39.4. The summed E-state index contributed by atoms with van der Waals surface area (Å²) in [7, 11) is 0. The zero-order valence-electron chi connectivity index (χ0n) is 16.9. The highest BCUT2D eigenvalue weighted by atomic mass is 16.4. The number of allylic oxidation sites excluding steroid dienone is 2. The number of carboxylic acid groups (broad SMARTS) is 1. The lowest BCUT2D eigenvalue weighted by atomic mass is 9.82. The predicted octanol–water partition coefficient (Wildman–Crippen LogP) is 3.47. The monoisotopic (exact) mass is 396 g/mol. The number of likely N-dealkylation sites (tertiary alicyclic amines) is 1. The average Bonchev–Trinajstić information content (AvgIpc) is 3.31. The first-order valence-electron chi connectivity index (χ1n) is 10.5. The molecule has 1 aliphatic heterocycles. The molecule has 6 heteroatoms. The van der Waals surface area contributed by atoms with Crippen molar-refractivity contribution in [3.8, 4) is 0 Å². The van der Waals surface area contributed by atoms with Gasteiger partial charge in [-0.05, 0) is 75.1 Å². The summed E-state index contributed by atoms with van der Waals surface area (Å²) in [5, 5.41) is 12.5. The number of carbonyl (C=O) groups is 3. The van der Waals surface area contributed by atoms with E-state index in [1.54, 1.807) is 12.1 Å². The Bertz CT molecular complexity index is 878. The van der Waals surface area contributed by atoms with Crippen LogP contribution in [0.1, 0.15) is 48.5 Å². The molecule has 5 atom stereocenters. The van der Waals surface area contributed by atoms with Crippen molar-refractivity contribution >= 4 is 23.5 Å². The smallest absolute Gasteiger partial charge is 0.307 e. The molecule has 154 valence electrons. The van der Waals surface area contributed by atoms with Crippen LogP contribution in [0, 0.1) is 30.6 Å². The first kappa shape index (κ1) is 19.7. The second kappa shape index (κ2) is 7.65. The summed E-state index contributed by atoms with van der Waals surface area (Å²) in [6.45, 7) is 4.73. The van der Waals surface area contributed by atoms with E-state index in [9.17, 15) is 19.5 Å². The van der Waals surface area contributed by atoms with Crippen molar-refractivity contribution in [2.24, 2.45) is 23.7 Å². The molecule has 2 N–H and O–H groups in total. The van der Waals surface area contributed by atoms with Crippen molar-refractivity contribution in [3.63, 3.8) is 0 Å². The van der Waals surface area contributed by atoms with Gasteiger partial charge >= 0.3 is 5.97 Å². The fraction of sp³-hybridized carbons (Fsp3) is 0.522. The standard InChI is InChI=1S/C23H28N2O4/c1-13-11-17(22(27)25-10-4-3-5-14(25)2)8-9-18(13)24-21(26)19-15-6-7-16(12-15)20(19)23(28)29/h6-9,11,14-16,19-20H,3-5,10,12H2,1-2H3,(H,24,26)(H,28,29). The van der Waals surface area contributed by atoms with Crippen molar-refractivity contribution in [2.75, 3.05) is 11.9 Å². The van der Waals surface area contributed by atoms with E-state index in [1.807, 2.05) is 30.0 Å². The average molecular weight is 396 g/mol.